The molecule has 0 amide bonds. The smallest absolute Gasteiger partial charge is 0.169 e. The van der Waals surface area contributed by atoms with Crippen molar-refractivity contribution in [1.29, 1.82) is 0 Å². The highest BCUT2D eigenvalue weighted by molar-refractivity contribution is 9.10. The van der Waals surface area contributed by atoms with Gasteiger partial charge in [-0.1, -0.05) is 0 Å². The quantitative estimate of drug-likeness (QED) is 0.812. The highest BCUT2D eigenvalue weighted by atomic mass is 79.9. The average molecular weight is 350 g/mol. The molecule has 0 N–H and O–H groups in total. The first kappa shape index (κ1) is 11.7. The van der Waals surface area contributed by atoms with Crippen molar-refractivity contribution in [1.82, 2.24) is 0 Å². The van der Waals surface area contributed by atoms with Crippen LogP contribution in [0.15, 0.2) is 43.9 Å². The van der Waals surface area contributed by atoms with Gasteiger partial charge in [0.25, 0.3) is 0 Å². The summed E-state index contributed by atoms with van der Waals surface area (Å²) >= 11 is 6.47. The summed E-state index contributed by atoms with van der Waals surface area (Å²) in [6.45, 7) is 0.258. The Balaban J connectivity index is 2.07. The summed E-state index contributed by atoms with van der Waals surface area (Å²) in [5, 5.41) is 0. The monoisotopic (exact) mass is 348 g/mol. The van der Waals surface area contributed by atoms with Crippen LogP contribution in [-0.2, 0) is 6.61 Å². The van der Waals surface area contributed by atoms with E-state index in [1.165, 1.54) is 12.1 Å². The normalized spacial score (nSPS) is 10.4. The number of hydrogen-bond acceptors (Lipinski definition) is 2. The molecule has 0 saturated heterocycles. The van der Waals surface area contributed by atoms with E-state index >= 15 is 0 Å². The number of furan rings is 1. The molecule has 16 heavy (non-hydrogen) atoms. The van der Waals surface area contributed by atoms with Crippen LogP contribution in [0, 0.1) is 5.82 Å². The maximum absolute atomic E-state index is 12.9. The molecule has 1 aromatic heterocycles. The standard InChI is InChI=1S/C11H7Br2FO2/c12-9-3-1-7(14)5-10(9)15-6-8-2-4-11(13)16-8/h1-5H,6H2. The van der Waals surface area contributed by atoms with Crippen molar-refractivity contribution < 1.29 is 13.5 Å². The van der Waals surface area contributed by atoms with Gasteiger partial charge in [-0.15, -0.1) is 0 Å². The first-order valence-corrected chi connectivity index (χ1v) is 6.06. The number of rotatable bonds is 3. The van der Waals surface area contributed by atoms with Gasteiger partial charge in [0.05, 0.1) is 4.47 Å². The van der Waals surface area contributed by atoms with E-state index in [1.54, 1.807) is 18.2 Å². The Labute approximate surface area is 109 Å². The van der Waals surface area contributed by atoms with Crippen LogP contribution in [0.25, 0.3) is 0 Å². The van der Waals surface area contributed by atoms with E-state index in [1.807, 2.05) is 0 Å². The van der Waals surface area contributed by atoms with Crippen LogP contribution in [0.5, 0.6) is 5.75 Å². The summed E-state index contributed by atoms with van der Waals surface area (Å²) in [5.74, 6) is 0.786. The molecule has 0 saturated carbocycles. The lowest BCUT2D eigenvalue weighted by Crippen LogP contribution is -1.94. The lowest BCUT2D eigenvalue weighted by Gasteiger charge is -2.06. The lowest BCUT2D eigenvalue weighted by atomic mass is 10.3. The molecule has 5 heteroatoms. The number of hydrogen-bond donors (Lipinski definition) is 0. The molecule has 2 nitrogen and oxygen atoms in total. The Kier molecular flexibility index (Phi) is 3.66. The number of benzene rings is 1. The fraction of sp³-hybridized carbons (Fsp3) is 0.0909. The van der Waals surface area contributed by atoms with E-state index in [-0.39, 0.29) is 12.4 Å². The van der Waals surface area contributed by atoms with Crippen molar-refractivity contribution in [2.24, 2.45) is 0 Å². The summed E-state index contributed by atoms with van der Waals surface area (Å²) in [6, 6.07) is 7.85. The first-order chi connectivity index (χ1) is 7.65. The van der Waals surface area contributed by atoms with Gasteiger partial charge in [0.1, 0.15) is 23.9 Å². The molecule has 0 fully saturated rings. The Morgan fingerprint density at radius 1 is 1.19 bits per heavy atom. The van der Waals surface area contributed by atoms with E-state index in [9.17, 15) is 4.39 Å². The van der Waals surface area contributed by atoms with Crippen LogP contribution in [0.2, 0.25) is 0 Å². The van der Waals surface area contributed by atoms with Gasteiger partial charge in [-0.25, -0.2) is 4.39 Å². The minimum Gasteiger partial charge on any atom is -0.484 e. The second kappa shape index (κ2) is 5.01. The number of ether oxygens (including phenoxy) is 1. The summed E-state index contributed by atoms with van der Waals surface area (Å²) < 4.78 is 25.0. The van der Waals surface area contributed by atoms with Crippen molar-refractivity contribution in [2.75, 3.05) is 0 Å². The molecular formula is C11H7Br2FO2. The third-order valence-electron chi connectivity index (χ3n) is 1.89. The molecule has 2 rings (SSSR count). The predicted octanol–water partition coefficient (Wildman–Crippen LogP) is 4.52. The van der Waals surface area contributed by atoms with Crippen LogP contribution in [0.4, 0.5) is 4.39 Å². The third-order valence-corrected chi connectivity index (χ3v) is 2.97. The molecule has 0 atom stereocenters. The van der Waals surface area contributed by atoms with Gasteiger partial charge in [0.2, 0.25) is 0 Å². The molecule has 1 heterocycles. The molecule has 1 aromatic carbocycles. The molecule has 0 radical (unpaired) electrons. The number of halogens is 3. The van der Waals surface area contributed by atoms with Gasteiger partial charge in [-0.05, 0) is 56.1 Å². The minimum atomic E-state index is -0.334. The highest BCUT2D eigenvalue weighted by Gasteiger charge is 2.05. The van der Waals surface area contributed by atoms with Crippen LogP contribution >= 0.6 is 31.9 Å². The maximum Gasteiger partial charge on any atom is 0.169 e. The van der Waals surface area contributed by atoms with Crippen LogP contribution in [0.3, 0.4) is 0 Å². The van der Waals surface area contributed by atoms with Gasteiger partial charge in [-0.2, -0.15) is 0 Å². The maximum atomic E-state index is 12.9. The minimum absolute atomic E-state index is 0.258. The van der Waals surface area contributed by atoms with Crippen molar-refractivity contribution >= 4 is 31.9 Å². The van der Waals surface area contributed by atoms with E-state index in [2.05, 4.69) is 31.9 Å². The summed E-state index contributed by atoms with van der Waals surface area (Å²) in [4.78, 5) is 0. The SMILES string of the molecule is Fc1ccc(Br)c(OCc2ccc(Br)o2)c1. The zero-order chi connectivity index (χ0) is 11.5. The lowest BCUT2D eigenvalue weighted by molar-refractivity contribution is 0.265. The molecule has 0 bridgehead atoms. The van der Waals surface area contributed by atoms with Crippen LogP contribution in [0.1, 0.15) is 5.76 Å². The van der Waals surface area contributed by atoms with E-state index in [0.717, 1.165) is 0 Å². The predicted molar refractivity (Wildman–Crippen MR) is 64.8 cm³/mol. The zero-order valence-corrected chi connectivity index (χ0v) is 11.2. The van der Waals surface area contributed by atoms with Gasteiger partial charge >= 0.3 is 0 Å². The summed E-state index contributed by atoms with van der Waals surface area (Å²) in [6.07, 6.45) is 0. The van der Waals surface area contributed by atoms with Crippen LogP contribution in [-0.4, -0.2) is 0 Å². The van der Waals surface area contributed by atoms with E-state index in [0.29, 0.717) is 20.7 Å². The Bertz CT molecular complexity index is 496. The summed E-state index contributed by atoms with van der Waals surface area (Å²) in [5.41, 5.74) is 0. The van der Waals surface area contributed by atoms with Gasteiger partial charge in [0, 0.05) is 6.07 Å². The fourth-order valence-electron chi connectivity index (χ4n) is 1.17. The van der Waals surface area contributed by atoms with Gasteiger partial charge < -0.3 is 9.15 Å². The van der Waals surface area contributed by atoms with E-state index < -0.39 is 0 Å². The largest absolute Gasteiger partial charge is 0.484 e. The Hall–Kier alpha value is -0.810. The second-order valence-electron chi connectivity index (χ2n) is 3.07. The second-order valence-corrected chi connectivity index (χ2v) is 4.71. The van der Waals surface area contributed by atoms with Crippen molar-refractivity contribution in [3.8, 4) is 5.75 Å². The average Bonchev–Trinajstić information content (AvgIpc) is 2.66. The zero-order valence-electron chi connectivity index (χ0n) is 8.04. The Morgan fingerprint density at radius 3 is 2.69 bits per heavy atom. The first-order valence-electron chi connectivity index (χ1n) is 4.47. The third kappa shape index (κ3) is 2.86. The molecule has 0 aliphatic carbocycles. The topological polar surface area (TPSA) is 22.4 Å². The molecule has 0 aliphatic rings. The van der Waals surface area contributed by atoms with Crippen LogP contribution < -0.4 is 4.74 Å². The Morgan fingerprint density at radius 2 is 2.00 bits per heavy atom. The molecular weight excluding hydrogens is 343 g/mol. The van der Waals surface area contributed by atoms with Gasteiger partial charge in [0.15, 0.2) is 4.67 Å². The van der Waals surface area contributed by atoms with Crippen molar-refractivity contribution in [3.05, 3.63) is 51.1 Å². The fourth-order valence-corrected chi connectivity index (χ4v) is 1.87. The van der Waals surface area contributed by atoms with Crippen molar-refractivity contribution in [2.45, 2.75) is 6.61 Å². The molecule has 0 unspecified atom stereocenters. The van der Waals surface area contributed by atoms with E-state index in [4.69, 9.17) is 9.15 Å². The summed E-state index contributed by atoms with van der Waals surface area (Å²) in [7, 11) is 0. The molecule has 2 aromatic rings. The van der Waals surface area contributed by atoms with Gasteiger partial charge in [-0.3, -0.25) is 0 Å². The van der Waals surface area contributed by atoms with Crippen molar-refractivity contribution in [3.63, 3.8) is 0 Å². The molecule has 0 spiro atoms. The highest BCUT2D eigenvalue weighted by Crippen LogP contribution is 2.26. The molecule has 84 valence electrons. The molecule has 0 aliphatic heterocycles.